The van der Waals surface area contributed by atoms with Gasteiger partial charge in [-0.1, -0.05) is 49.4 Å². The number of carbonyl (C=O) groups is 1. The third-order valence-corrected chi connectivity index (χ3v) is 6.46. The zero-order valence-corrected chi connectivity index (χ0v) is 21.0. The molecule has 0 aliphatic rings. The molecule has 38 heavy (non-hydrogen) atoms. The Bertz CT molecular complexity index is 1470. The minimum absolute atomic E-state index is 0.0857. The molecule has 2 aromatic heterocycles. The highest BCUT2D eigenvalue weighted by Crippen LogP contribution is 2.32. The molecule has 2 aromatic carbocycles. The molecule has 2 heterocycles. The van der Waals surface area contributed by atoms with E-state index in [9.17, 15) is 22.8 Å². The van der Waals surface area contributed by atoms with Crippen LogP contribution in [0.25, 0.3) is 5.65 Å². The van der Waals surface area contributed by atoms with Gasteiger partial charge in [0.15, 0.2) is 0 Å². The molecule has 2 N–H and O–H groups in total. The average molecular weight is 523 g/mol. The average Bonchev–Trinajstić information content (AvgIpc) is 2.92. The Balaban J connectivity index is 1.86. The Morgan fingerprint density at radius 2 is 1.79 bits per heavy atom. The highest BCUT2D eigenvalue weighted by molar-refractivity contribution is 5.94. The number of hydrogen-bond donors (Lipinski definition) is 1. The molecule has 0 spiro atoms. The Kier molecular flexibility index (Phi) is 8.26. The Hall–Kier alpha value is -3.98. The molecule has 1 amide bonds. The topological polar surface area (TPSA) is 80.7 Å². The molecule has 0 bridgehead atoms. The molecule has 0 aliphatic carbocycles. The van der Waals surface area contributed by atoms with Crippen LogP contribution in [0.3, 0.4) is 0 Å². The van der Waals surface area contributed by atoms with Gasteiger partial charge in [0, 0.05) is 30.3 Å². The first kappa shape index (κ1) is 27.1. The number of rotatable bonds is 9. The maximum atomic E-state index is 13.7. The lowest BCUT2D eigenvalue weighted by atomic mass is 9.97. The highest BCUT2D eigenvalue weighted by atomic mass is 19.4. The molecule has 198 valence electrons. The minimum atomic E-state index is -4.58. The van der Waals surface area contributed by atoms with E-state index < -0.39 is 23.7 Å². The molecule has 0 aliphatic heterocycles. The van der Waals surface area contributed by atoms with Crippen molar-refractivity contribution >= 4 is 11.6 Å². The molecule has 6 nitrogen and oxygen atoms in total. The van der Waals surface area contributed by atoms with Gasteiger partial charge in [-0.25, -0.2) is 4.98 Å². The molecule has 0 radical (unpaired) electrons. The third-order valence-electron chi connectivity index (χ3n) is 6.46. The van der Waals surface area contributed by atoms with Crippen molar-refractivity contribution in [3.8, 4) is 0 Å². The fourth-order valence-corrected chi connectivity index (χ4v) is 4.60. The van der Waals surface area contributed by atoms with Gasteiger partial charge < -0.3 is 10.6 Å². The number of halogens is 3. The number of aromatic nitrogens is 2. The Morgan fingerprint density at radius 1 is 1.05 bits per heavy atom. The second kappa shape index (κ2) is 11.6. The van der Waals surface area contributed by atoms with E-state index in [2.05, 4.69) is 0 Å². The SMILES string of the molecule is CCC(c1nc2ccccn2c(=O)c1Cc1ccccc1)N(CCCN)C(=O)c1cccc(C(F)(F)F)c1. The second-order valence-corrected chi connectivity index (χ2v) is 9.02. The summed E-state index contributed by atoms with van der Waals surface area (Å²) in [5.74, 6) is -0.572. The number of amides is 1. The minimum Gasteiger partial charge on any atom is -0.330 e. The number of benzene rings is 2. The van der Waals surface area contributed by atoms with Gasteiger partial charge in [0.2, 0.25) is 0 Å². The van der Waals surface area contributed by atoms with E-state index in [1.807, 2.05) is 37.3 Å². The molecule has 0 saturated carbocycles. The van der Waals surface area contributed by atoms with Crippen LogP contribution in [0.1, 0.15) is 58.5 Å². The fourth-order valence-electron chi connectivity index (χ4n) is 4.60. The fraction of sp³-hybridized carbons (Fsp3) is 0.276. The predicted octanol–water partition coefficient (Wildman–Crippen LogP) is 5.25. The lowest BCUT2D eigenvalue weighted by molar-refractivity contribution is -0.137. The van der Waals surface area contributed by atoms with E-state index >= 15 is 0 Å². The Morgan fingerprint density at radius 3 is 2.47 bits per heavy atom. The molecule has 4 aromatic rings. The third kappa shape index (κ3) is 5.78. The molecule has 1 atom stereocenters. The maximum Gasteiger partial charge on any atom is 0.416 e. The summed E-state index contributed by atoms with van der Waals surface area (Å²) in [7, 11) is 0. The van der Waals surface area contributed by atoms with Crippen molar-refractivity contribution in [3.63, 3.8) is 0 Å². The smallest absolute Gasteiger partial charge is 0.330 e. The summed E-state index contributed by atoms with van der Waals surface area (Å²) in [6.07, 6.45) is -1.82. The van der Waals surface area contributed by atoms with E-state index in [0.717, 1.165) is 17.7 Å². The Labute approximate surface area is 218 Å². The first-order valence-electron chi connectivity index (χ1n) is 12.5. The number of alkyl halides is 3. The zero-order chi connectivity index (χ0) is 27.3. The number of hydrogen-bond acceptors (Lipinski definition) is 4. The van der Waals surface area contributed by atoms with Crippen LogP contribution >= 0.6 is 0 Å². The zero-order valence-electron chi connectivity index (χ0n) is 21.0. The summed E-state index contributed by atoms with van der Waals surface area (Å²) in [4.78, 5) is 33.7. The summed E-state index contributed by atoms with van der Waals surface area (Å²) >= 11 is 0. The van der Waals surface area contributed by atoms with Gasteiger partial charge >= 0.3 is 6.18 Å². The van der Waals surface area contributed by atoms with Gasteiger partial charge in [0.25, 0.3) is 11.5 Å². The maximum absolute atomic E-state index is 13.7. The van der Waals surface area contributed by atoms with Crippen molar-refractivity contribution in [1.29, 1.82) is 0 Å². The number of carbonyl (C=O) groups excluding carboxylic acids is 1. The molecule has 4 rings (SSSR count). The van der Waals surface area contributed by atoms with Crippen LogP contribution in [0.15, 0.2) is 83.8 Å². The van der Waals surface area contributed by atoms with Gasteiger partial charge in [-0.15, -0.1) is 0 Å². The molecule has 9 heteroatoms. The van der Waals surface area contributed by atoms with E-state index in [1.54, 1.807) is 24.4 Å². The standard InChI is InChI=1S/C29H29F3N4O2/c1-2-24(35(17-9-15-33)27(37)21-12-8-13-22(19-21)29(30,31)32)26-23(18-20-10-4-3-5-11-20)28(38)36-16-7-6-14-25(36)34-26/h3-8,10-14,16,19,24H,2,9,15,17-18,33H2,1H3. The van der Waals surface area contributed by atoms with Gasteiger partial charge in [0.1, 0.15) is 5.65 Å². The molecule has 0 fully saturated rings. The molecule has 1 unspecified atom stereocenters. The van der Waals surface area contributed by atoms with Crippen LogP contribution in [-0.2, 0) is 12.6 Å². The van der Waals surface area contributed by atoms with Gasteiger partial charge in [-0.2, -0.15) is 13.2 Å². The van der Waals surface area contributed by atoms with Crippen LogP contribution < -0.4 is 11.3 Å². The van der Waals surface area contributed by atoms with Gasteiger partial charge in [0.05, 0.1) is 17.3 Å². The van der Waals surface area contributed by atoms with Crippen molar-refractivity contribution in [2.45, 2.75) is 38.4 Å². The molecule has 0 saturated heterocycles. The van der Waals surface area contributed by atoms with E-state index in [-0.39, 0.29) is 24.2 Å². The lowest BCUT2D eigenvalue weighted by Crippen LogP contribution is -2.38. The van der Waals surface area contributed by atoms with Gasteiger partial charge in [-0.05, 0) is 55.3 Å². The number of pyridine rings is 1. The lowest BCUT2D eigenvalue weighted by Gasteiger charge is -2.32. The predicted molar refractivity (Wildman–Crippen MR) is 140 cm³/mol. The number of nitrogens with zero attached hydrogens (tertiary/aromatic N) is 3. The van der Waals surface area contributed by atoms with Crippen molar-refractivity contribution in [2.75, 3.05) is 13.1 Å². The first-order valence-corrected chi connectivity index (χ1v) is 12.5. The highest BCUT2D eigenvalue weighted by Gasteiger charge is 2.33. The summed E-state index contributed by atoms with van der Waals surface area (Å²) in [5.41, 5.74) is 6.70. The summed E-state index contributed by atoms with van der Waals surface area (Å²) in [6, 6.07) is 18.4. The summed E-state index contributed by atoms with van der Waals surface area (Å²) < 4.78 is 41.6. The van der Waals surface area contributed by atoms with Crippen LogP contribution in [0.5, 0.6) is 0 Å². The monoisotopic (exact) mass is 522 g/mol. The second-order valence-electron chi connectivity index (χ2n) is 9.02. The van der Waals surface area contributed by atoms with Crippen molar-refractivity contribution in [1.82, 2.24) is 14.3 Å². The van der Waals surface area contributed by atoms with E-state index in [1.165, 1.54) is 21.4 Å². The van der Waals surface area contributed by atoms with Crippen LogP contribution in [0, 0.1) is 0 Å². The van der Waals surface area contributed by atoms with E-state index in [0.29, 0.717) is 36.2 Å². The molecular formula is C29H29F3N4O2. The summed E-state index contributed by atoms with van der Waals surface area (Å²) in [5, 5.41) is 0. The molecular weight excluding hydrogens is 493 g/mol. The first-order chi connectivity index (χ1) is 18.2. The largest absolute Gasteiger partial charge is 0.416 e. The van der Waals surface area contributed by atoms with E-state index in [4.69, 9.17) is 10.7 Å². The van der Waals surface area contributed by atoms with Crippen molar-refractivity contribution < 1.29 is 18.0 Å². The van der Waals surface area contributed by atoms with Crippen LogP contribution in [0.4, 0.5) is 13.2 Å². The quantitative estimate of drug-likeness (QED) is 0.326. The normalized spacial score (nSPS) is 12.4. The van der Waals surface area contributed by atoms with Crippen molar-refractivity contribution in [2.24, 2.45) is 5.73 Å². The number of fused-ring (bicyclic) bond motifs is 1. The summed E-state index contributed by atoms with van der Waals surface area (Å²) in [6.45, 7) is 2.35. The van der Waals surface area contributed by atoms with Crippen molar-refractivity contribution in [3.05, 3.63) is 117 Å². The van der Waals surface area contributed by atoms with Gasteiger partial charge in [-0.3, -0.25) is 14.0 Å². The number of nitrogens with two attached hydrogens (primary N) is 1. The van der Waals surface area contributed by atoms with Crippen LogP contribution in [-0.4, -0.2) is 33.3 Å². The van der Waals surface area contributed by atoms with Crippen LogP contribution in [0.2, 0.25) is 0 Å².